The van der Waals surface area contributed by atoms with Crippen LogP contribution in [-0.2, 0) is 16.0 Å². The van der Waals surface area contributed by atoms with Crippen LogP contribution in [0.4, 0.5) is 0 Å². The van der Waals surface area contributed by atoms with Gasteiger partial charge in [-0.3, -0.25) is 9.59 Å². The fraction of sp³-hybridized carbons (Fsp3) is 0.556. The highest BCUT2D eigenvalue weighted by Gasteiger charge is 2.39. The number of carbonyl (C=O) groups excluding carboxylic acids is 2. The van der Waals surface area contributed by atoms with E-state index in [0.29, 0.717) is 25.9 Å². The number of fused-ring (bicyclic) bond motifs is 5. The van der Waals surface area contributed by atoms with E-state index in [-0.39, 0.29) is 30.6 Å². The van der Waals surface area contributed by atoms with Gasteiger partial charge < -0.3 is 19.3 Å². The lowest BCUT2D eigenvalue weighted by Crippen LogP contribution is -2.45. The number of nitrogens with zero attached hydrogens (tertiary/aromatic N) is 2. The van der Waals surface area contributed by atoms with Gasteiger partial charge in [0.2, 0.25) is 18.6 Å². The van der Waals surface area contributed by atoms with Crippen molar-refractivity contribution in [1.29, 1.82) is 0 Å². The van der Waals surface area contributed by atoms with Gasteiger partial charge in [0.15, 0.2) is 11.5 Å². The molecule has 0 aromatic heterocycles. The predicted molar refractivity (Wildman–Crippen MR) is 86.7 cm³/mol. The third kappa shape index (κ3) is 2.70. The van der Waals surface area contributed by atoms with E-state index < -0.39 is 0 Å². The molecule has 0 aliphatic carbocycles. The Hall–Kier alpha value is -2.24. The molecule has 6 nitrogen and oxygen atoms in total. The summed E-state index contributed by atoms with van der Waals surface area (Å²) in [6.45, 7) is 1.49. The molecule has 24 heavy (non-hydrogen) atoms. The summed E-state index contributed by atoms with van der Waals surface area (Å²) < 4.78 is 10.7. The molecule has 4 aliphatic rings. The van der Waals surface area contributed by atoms with Crippen molar-refractivity contribution in [3.63, 3.8) is 0 Å². The van der Waals surface area contributed by atoms with Crippen molar-refractivity contribution in [3.05, 3.63) is 23.8 Å². The number of hydrogen-bond acceptors (Lipinski definition) is 4. The molecular weight excluding hydrogens is 308 g/mol. The second-order valence-electron chi connectivity index (χ2n) is 6.86. The normalized spacial score (nSPS) is 25.1. The summed E-state index contributed by atoms with van der Waals surface area (Å²) in [5.74, 6) is 1.81. The minimum Gasteiger partial charge on any atom is -0.454 e. The highest BCUT2D eigenvalue weighted by atomic mass is 16.7. The van der Waals surface area contributed by atoms with Crippen molar-refractivity contribution in [3.8, 4) is 11.5 Å². The summed E-state index contributed by atoms with van der Waals surface area (Å²) in [5, 5.41) is 0. The van der Waals surface area contributed by atoms with Gasteiger partial charge in [-0.05, 0) is 37.0 Å². The molecule has 6 heteroatoms. The van der Waals surface area contributed by atoms with Crippen molar-refractivity contribution in [2.75, 3.05) is 26.9 Å². The van der Waals surface area contributed by atoms with Gasteiger partial charge >= 0.3 is 0 Å². The quantitative estimate of drug-likeness (QED) is 0.841. The Balaban J connectivity index is 1.39. The molecule has 0 spiro atoms. The van der Waals surface area contributed by atoms with Gasteiger partial charge in [-0.15, -0.1) is 0 Å². The lowest BCUT2D eigenvalue weighted by Gasteiger charge is -2.32. The number of aryl methyl sites for hydroxylation is 1. The second kappa shape index (κ2) is 6.00. The Morgan fingerprint density at radius 2 is 2.04 bits per heavy atom. The fourth-order valence-corrected chi connectivity index (χ4v) is 3.87. The first-order valence-corrected chi connectivity index (χ1v) is 8.55. The molecule has 0 unspecified atom stereocenters. The van der Waals surface area contributed by atoms with E-state index in [1.807, 2.05) is 35.0 Å². The van der Waals surface area contributed by atoms with Crippen LogP contribution in [0.3, 0.4) is 0 Å². The lowest BCUT2D eigenvalue weighted by atomic mass is 9.95. The summed E-state index contributed by atoms with van der Waals surface area (Å²) in [6.07, 6.45) is 3.03. The molecule has 2 bridgehead atoms. The zero-order valence-electron chi connectivity index (χ0n) is 13.9. The molecule has 3 fully saturated rings. The maximum absolute atomic E-state index is 12.6. The molecule has 2 amide bonds. The van der Waals surface area contributed by atoms with Crippen LogP contribution in [0.5, 0.6) is 11.5 Å². The zero-order valence-corrected chi connectivity index (χ0v) is 13.9. The van der Waals surface area contributed by atoms with Gasteiger partial charge in [0.1, 0.15) is 0 Å². The zero-order chi connectivity index (χ0) is 16.7. The standard InChI is InChI=1S/C18H22N2O4/c1-19-14-5-4-13(18(19)22)9-20(10-14)17(21)7-3-12-2-6-15-16(8-12)24-11-23-15/h2,6,8,13-14H,3-5,7,9-11H2,1H3/t13-,14+/m1/s1. The highest BCUT2D eigenvalue weighted by molar-refractivity contribution is 5.83. The number of carbonyl (C=O) groups is 2. The van der Waals surface area contributed by atoms with Crippen LogP contribution in [0.25, 0.3) is 0 Å². The number of hydrogen-bond donors (Lipinski definition) is 0. The average molecular weight is 330 g/mol. The van der Waals surface area contributed by atoms with Crippen LogP contribution < -0.4 is 9.47 Å². The Morgan fingerprint density at radius 1 is 1.21 bits per heavy atom. The van der Waals surface area contributed by atoms with Gasteiger partial charge in [-0.1, -0.05) is 6.07 Å². The topological polar surface area (TPSA) is 59.1 Å². The van der Waals surface area contributed by atoms with Crippen LogP contribution in [-0.4, -0.2) is 54.6 Å². The number of amides is 2. The van der Waals surface area contributed by atoms with E-state index in [1.54, 1.807) is 0 Å². The van der Waals surface area contributed by atoms with Crippen LogP contribution >= 0.6 is 0 Å². The van der Waals surface area contributed by atoms with Gasteiger partial charge in [0.25, 0.3) is 0 Å². The molecule has 0 saturated carbocycles. The maximum atomic E-state index is 12.6. The first-order chi connectivity index (χ1) is 11.6. The second-order valence-corrected chi connectivity index (χ2v) is 6.86. The van der Waals surface area contributed by atoms with E-state index in [2.05, 4.69) is 0 Å². The summed E-state index contributed by atoms with van der Waals surface area (Å²) in [4.78, 5) is 28.6. The molecule has 0 radical (unpaired) electrons. The molecular formula is C18H22N2O4. The Morgan fingerprint density at radius 3 is 2.92 bits per heavy atom. The first kappa shape index (κ1) is 15.3. The minimum absolute atomic E-state index is 0.0248. The average Bonchev–Trinajstić information content (AvgIpc) is 2.89. The van der Waals surface area contributed by atoms with E-state index in [9.17, 15) is 9.59 Å². The summed E-state index contributed by atoms with van der Waals surface area (Å²) in [6, 6.07) is 5.98. The Kier molecular flexibility index (Phi) is 3.82. The summed E-state index contributed by atoms with van der Waals surface area (Å²) in [7, 11) is 1.86. The van der Waals surface area contributed by atoms with E-state index in [4.69, 9.17) is 9.47 Å². The van der Waals surface area contributed by atoms with Crippen molar-refractivity contribution in [1.82, 2.24) is 9.80 Å². The van der Waals surface area contributed by atoms with Gasteiger partial charge in [0.05, 0.1) is 5.92 Å². The number of piperidine rings is 1. The van der Waals surface area contributed by atoms with Crippen LogP contribution in [0.15, 0.2) is 18.2 Å². The lowest BCUT2D eigenvalue weighted by molar-refractivity contribution is -0.138. The number of rotatable bonds is 3. The third-order valence-corrected chi connectivity index (χ3v) is 5.38. The van der Waals surface area contributed by atoms with Crippen LogP contribution in [0.1, 0.15) is 24.8 Å². The SMILES string of the molecule is CN1C(=O)[C@@H]2CC[C@H]1CN(C(=O)CCc1ccc3c(c1)OCO3)C2. The molecule has 4 heterocycles. The molecule has 3 saturated heterocycles. The Bertz CT molecular complexity index is 675. The van der Waals surface area contributed by atoms with Crippen LogP contribution in [0, 0.1) is 5.92 Å². The molecule has 128 valence electrons. The molecule has 1 aromatic carbocycles. The van der Waals surface area contributed by atoms with Gasteiger partial charge in [0, 0.05) is 32.6 Å². The predicted octanol–water partition coefficient (Wildman–Crippen LogP) is 1.43. The smallest absolute Gasteiger partial charge is 0.231 e. The minimum atomic E-state index is -0.0248. The largest absolute Gasteiger partial charge is 0.454 e. The number of likely N-dealkylation sites (N-methyl/N-ethyl adjacent to an activating group) is 1. The van der Waals surface area contributed by atoms with Gasteiger partial charge in [-0.2, -0.15) is 0 Å². The first-order valence-electron chi connectivity index (χ1n) is 8.55. The molecule has 0 N–H and O–H groups in total. The highest BCUT2D eigenvalue weighted by Crippen LogP contribution is 2.33. The summed E-state index contributed by atoms with van der Waals surface area (Å²) in [5.41, 5.74) is 1.07. The molecule has 1 aromatic rings. The number of benzene rings is 1. The van der Waals surface area contributed by atoms with Crippen molar-refractivity contribution in [2.45, 2.75) is 31.7 Å². The van der Waals surface area contributed by atoms with E-state index >= 15 is 0 Å². The van der Waals surface area contributed by atoms with Gasteiger partial charge in [-0.25, -0.2) is 0 Å². The van der Waals surface area contributed by atoms with Crippen molar-refractivity contribution >= 4 is 11.8 Å². The van der Waals surface area contributed by atoms with Crippen molar-refractivity contribution < 1.29 is 19.1 Å². The molecule has 2 atom stereocenters. The molecule has 5 rings (SSSR count). The van der Waals surface area contributed by atoms with E-state index in [0.717, 1.165) is 29.9 Å². The summed E-state index contributed by atoms with van der Waals surface area (Å²) >= 11 is 0. The number of ether oxygens (including phenoxy) is 2. The van der Waals surface area contributed by atoms with Crippen molar-refractivity contribution in [2.24, 2.45) is 5.92 Å². The Labute approximate surface area is 141 Å². The monoisotopic (exact) mass is 330 g/mol. The van der Waals surface area contributed by atoms with Crippen LogP contribution in [0.2, 0.25) is 0 Å². The molecule has 4 aliphatic heterocycles. The maximum Gasteiger partial charge on any atom is 0.231 e. The fourth-order valence-electron chi connectivity index (χ4n) is 3.87. The third-order valence-electron chi connectivity index (χ3n) is 5.38. The van der Waals surface area contributed by atoms with E-state index in [1.165, 1.54) is 0 Å².